The van der Waals surface area contributed by atoms with E-state index in [-0.39, 0.29) is 17.9 Å². The summed E-state index contributed by atoms with van der Waals surface area (Å²) in [5.41, 5.74) is 1.29. The van der Waals surface area contributed by atoms with Crippen LogP contribution in [0.2, 0.25) is 0 Å². The summed E-state index contributed by atoms with van der Waals surface area (Å²) < 4.78 is 1.96. The van der Waals surface area contributed by atoms with E-state index in [1.165, 1.54) is 0 Å². The van der Waals surface area contributed by atoms with Gasteiger partial charge < -0.3 is 14.8 Å². The van der Waals surface area contributed by atoms with Crippen LogP contribution in [0, 0.1) is 17.2 Å². The Morgan fingerprint density at radius 1 is 1.42 bits per heavy atom. The molecule has 24 heavy (non-hydrogen) atoms. The van der Waals surface area contributed by atoms with Gasteiger partial charge in [0.25, 0.3) is 0 Å². The van der Waals surface area contributed by atoms with Gasteiger partial charge in [0.2, 0.25) is 5.91 Å². The van der Waals surface area contributed by atoms with E-state index >= 15 is 0 Å². The minimum absolute atomic E-state index is 0.0824. The molecule has 0 aromatic carbocycles. The number of carbonyl (C=O) groups is 1. The van der Waals surface area contributed by atoms with Crippen molar-refractivity contribution in [2.75, 3.05) is 18.9 Å². The molecule has 3 rings (SSSR count). The van der Waals surface area contributed by atoms with Crippen LogP contribution in [-0.2, 0) is 11.8 Å². The van der Waals surface area contributed by atoms with Crippen molar-refractivity contribution >= 4 is 11.6 Å². The molecule has 0 spiro atoms. The van der Waals surface area contributed by atoms with E-state index in [4.69, 9.17) is 0 Å². The van der Waals surface area contributed by atoms with Gasteiger partial charge in [0, 0.05) is 51.6 Å². The second-order valence-electron chi connectivity index (χ2n) is 6.06. The van der Waals surface area contributed by atoms with E-state index in [2.05, 4.69) is 21.4 Å². The van der Waals surface area contributed by atoms with Crippen LogP contribution in [0.4, 0.5) is 5.69 Å². The number of pyridine rings is 1. The number of anilines is 1. The molecule has 2 aromatic heterocycles. The van der Waals surface area contributed by atoms with Crippen LogP contribution in [0.5, 0.6) is 0 Å². The first kappa shape index (κ1) is 16.0. The lowest BCUT2D eigenvalue weighted by Gasteiger charge is -2.38. The number of aromatic nitrogens is 3. The number of nitrogens with one attached hydrogen (secondary N) is 1. The molecular formula is C17H20N6O. The molecule has 0 unspecified atom stereocenters. The molecule has 3 heterocycles. The number of nitriles is 1. The highest BCUT2D eigenvalue weighted by atomic mass is 16.2. The van der Waals surface area contributed by atoms with E-state index < -0.39 is 0 Å². The molecule has 1 saturated heterocycles. The van der Waals surface area contributed by atoms with E-state index in [1.807, 2.05) is 24.9 Å². The maximum atomic E-state index is 12.1. The van der Waals surface area contributed by atoms with Crippen LogP contribution in [0.1, 0.15) is 30.3 Å². The number of hydrogen-bond donors (Lipinski definition) is 1. The molecule has 7 nitrogen and oxygen atoms in total. The monoisotopic (exact) mass is 324 g/mol. The fraction of sp³-hybridized carbons (Fsp3) is 0.412. The number of rotatable bonds is 4. The van der Waals surface area contributed by atoms with Crippen molar-refractivity contribution in [3.05, 3.63) is 42.2 Å². The minimum Gasteiger partial charge on any atom is -0.382 e. The van der Waals surface area contributed by atoms with Gasteiger partial charge in [-0.15, -0.1) is 0 Å². The van der Waals surface area contributed by atoms with Gasteiger partial charge in [-0.3, -0.25) is 9.78 Å². The second kappa shape index (κ2) is 6.71. The number of piperidine rings is 1. The Morgan fingerprint density at radius 3 is 2.96 bits per heavy atom. The first-order valence-electron chi connectivity index (χ1n) is 7.92. The lowest BCUT2D eigenvalue weighted by molar-refractivity contribution is -0.137. The molecule has 1 amide bonds. The lowest BCUT2D eigenvalue weighted by atomic mass is 9.88. The van der Waals surface area contributed by atoms with Crippen molar-refractivity contribution < 1.29 is 4.79 Å². The van der Waals surface area contributed by atoms with Gasteiger partial charge >= 0.3 is 0 Å². The number of imidazole rings is 1. The SMILES string of the molecule is CN1C(=O)CC[C@H](CNc2cnccc2C#N)[C@H]1c1nccn1C. The van der Waals surface area contributed by atoms with Crippen LogP contribution in [0.25, 0.3) is 0 Å². The Kier molecular flexibility index (Phi) is 4.47. The number of nitrogens with zero attached hydrogens (tertiary/aromatic N) is 5. The molecule has 2 atom stereocenters. The van der Waals surface area contributed by atoms with Gasteiger partial charge in [-0.25, -0.2) is 4.98 Å². The van der Waals surface area contributed by atoms with Crippen molar-refractivity contribution in [2.24, 2.45) is 13.0 Å². The summed E-state index contributed by atoms with van der Waals surface area (Å²) >= 11 is 0. The average Bonchev–Trinajstić information content (AvgIpc) is 3.02. The van der Waals surface area contributed by atoms with Crippen molar-refractivity contribution in [2.45, 2.75) is 18.9 Å². The number of amides is 1. The number of carbonyl (C=O) groups excluding carboxylic acids is 1. The van der Waals surface area contributed by atoms with E-state index in [0.717, 1.165) is 17.9 Å². The standard InChI is InChI=1S/C17H20N6O/c1-22-8-7-20-17(22)16-13(3-4-15(24)23(16)2)10-21-14-11-19-6-5-12(14)9-18/h5-8,11,13,16,21H,3-4,10H2,1-2H3/t13-,16+/m1/s1. The molecule has 1 aliphatic heterocycles. The Balaban J connectivity index is 1.81. The second-order valence-corrected chi connectivity index (χ2v) is 6.06. The first-order valence-corrected chi connectivity index (χ1v) is 7.92. The summed E-state index contributed by atoms with van der Waals surface area (Å²) in [6.45, 7) is 0.648. The van der Waals surface area contributed by atoms with E-state index in [1.54, 1.807) is 29.6 Å². The highest BCUT2D eigenvalue weighted by Gasteiger charge is 2.36. The summed E-state index contributed by atoms with van der Waals surface area (Å²) in [4.78, 5) is 22.4. The fourth-order valence-electron chi connectivity index (χ4n) is 3.25. The van der Waals surface area contributed by atoms with Crippen LogP contribution < -0.4 is 5.32 Å². The maximum absolute atomic E-state index is 12.1. The zero-order valence-electron chi connectivity index (χ0n) is 13.8. The van der Waals surface area contributed by atoms with Gasteiger partial charge in [0.1, 0.15) is 11.9 Å². The summed E-state index contributed by atoms with van der Waals surface area (Å²) in [6.07, 6.45) is 8.22. The van der Waals surface area contributed by atoms with Crippen molar-refractivity contribution in [3.8, 4) is 6.07 Å². The molecule has 2 aromatic rings. The highest BCUT2D eigenvalue weighted by molar-refractivity contribution is 5.77. The molecule has 1 aliphatic rings. The number of hydrogen-bond acceptors (Lipinski definition) is 5. The summed E-state index contributed by atoms with van der Waals surface area (Å²) in [5, 5.41) is 12.5. The molecule has 0 bridgehead atoms. The molecule has 124 valence electrons. The average molecular weight is 324 g/mol. The van der Waals surface area contributed by atoms with Crippen molar-refractivity contribution in [1.82, 2.24) is 19.4 Å². The van der Waals surface area contributed by atoms with Crippen LogP contribution in [0.3, 0.4) is 0 Å². The van der Waals surface area contributed by atoms with Gasteiger partial charge in [0.15, 0.2) is 0 Å². The quantitative estimate of drug-likeness (QED) is 0.925. The summed E-state index contributed by atoms with van der Waals surface area (Å²) in [6, 6.07) is 3.77. The number of likely N-dealkylation sites (tertiary alicyclic amines) is 1. The number of aryl methyl sites for hydroxylation is 1. The molecule has 7 heteroatoms. The minimum atomic E-state index is -0.0824. The van der Waals surface area contributed by atoms with Crippen LogP contribution >= 0.6 is 0 Å². The Morgan fingerprint density at radius 2 is 2.25 bits per heavy atom. The third kappa shape index (κ3) is 2.95. The third-order valence-electron chi connectivity index (χ3n) is 4.61. The normalized spacial score (nSPS) is 20.7. The van der Waals surface area contributed by atoms with Gasteiger partial charge in [-0.05, 0) is 12.5 Å². The smallest absolute Gasteiger partial charge is 0.222 e. The molecule has 0 saturated carbocycles. The maximum Gasteiger partial charge on any atom is 0.222 e. The predicted octanol–water partition coefficient (Wildman–Crippen LogP) is 1.71. The third-order valence-corrected chi connectivity index (χ3v) is 4.61. The molecular weight excluding hydrogens is 304 g/mol. The summed E-state index contributed by atoms with van der Waals surface area (Å²) in [5.74, 6) is 1.22. The van der Waals surface area contributed by atoms with Crippen LogP contribution in [0.15, 0.2) is 30.9 Å². The van der Waals surface area contributed by atoms with Crippen molar-refractivity contribution in [3.63, 3.8) is 0 Å². The molecule has 1 fully saturated rings. The van der Waals surface area contributed by atoms with Gasteiger partial charge in [-0.2, -0.15) is 5.26 Å². The Bertz CT molecular complexity index is 777. The fourth-order valence-corrected chi connectivity index (χ4v) is 3.25. The topological polar surface area (TPSA) is 86.8 Å². The molecule has 0 aliphatic carbocycles. The zero-order chi connectivity index (χ0) is 17.1. The van der Waals surface area contributed by atoms with E-state index in [9.17, 15) is 10.1 Å². The van der Waals surface area contributed by atoms with Gasteiger partial charge in [0.05, 0.1) is 23.5 Å². The Hall–Kier alpha value is -2.88. The molecule has 1 N–H and O–H groups in total. The van der Waals surface area contributed by atoms with E-state index in [0.29, 0.717) is 18.5 Å². The summed E-state index contributed by atoms with van der Waals surface area (Å²) in [7, 11) is 3.77. The van der Waals surface area contributed by atoms with Crippen LogP contribution in [-0.4, -0.2) is 38.9 Å². The highest BCUT2D eigenvalue weighted by Crippen LogP contribution is 2.35. The predicted molar refractivity (Wildman–Crippen MR) is 88.9 cm³/mol. The first-order chi connectivity index (χ1) is 11.6. The molecule has 0 radical (unpaired) electrons. The van der Waals surface area contributed by atoms with Crippen molar-refractivity contribution in [1.29, 1.82) is 5.26 Å². The largest absolute Gasteiger partial charge is 0.382 e. The Labute approximate surface area is 140 Å². The lowest BCUT2D eigenvalue weighted by Crippen LogP contribution is -2.43. The van der Waals surface area contributed by atoms with Gasteiger partial charge in [-0.1, -0.05) is 0 Å². The zero-order valence-corrected chi connectivity index (χ0v) is 13.8.